The molecule has 4 nitrogen and oxygen atoms in total. The molecule has 2 amide bonds. The minimum absolute atomic E-state index is 0.00393. The summed E-state index contributed by atoms with van der Waals surface area (Å²) in [4.78, 5) is 12.0. The number of hydrogen-bond acceptors (Lipinski definition) is 2. The summed E-state index contributed by atoms with van der Waals surface area (Å²) in [5.41, 5.74) is 2.38. The van der Waals surface area contributed by atoms with E-state index in [9.17, 15) is 4.79 Å². The average Bonchev–Trinajstić information content (AvgIpc) is 2.76. The van der Waals surface area contributed by atoms with E-state index in [1.54, 1.807) is 0 Å². The minimum atomic E-state index is -0.133. The molecule has 0 bridgehead atoms. The van der Waals surface area contributed by atoms with Crippen molar-refractivity contribution in [2.75, 3.05) is 6.73 Å². The largest absolute Gasteiger partial charge is 0.473 e. The fraction of sp³-hybridized carbons (Fsp3) is 0.650. The van der Waals surface area contributed by atoms with Gasteiger partial charge in [0, 0.05) is 6.04 Å². The number of nitrogens with one attached hydrogen (secondary N) is 2. The van der Waals surface area contributed by atoms with Crippen molar-refractivity contribution in [2.45, 2.75) is 77.7 Å². The number of hydrogen-bond donors (Lipinski definition) is 2. The van der Waals surface area contributed by atoms with Gasteiger partial charge >= 0.3 is 6.03 Å². The number of ether oxygens (including phenoxy) is 1. The van der Waals surface area contributed by atoms with E-state index in [0.717, 1.165) is 24.2 Å². The number of carbonyl (C=O) groups excluding carboxylic acids is 1. The molecule has 4 heteroatoms. The summed E-state index contributed by atoms with van der Waals surface area (Å²) in [6.45, 7) is 8.77. The Balaban J connectivity index is 1.84. The zero-order valence-electron chi connectivity index (χ0n) is 15.6. The molecule has 0 atom stereocenters. The van der Waals surface area contributed by atoms with Gasteiger partial charge in [0.05, 0.1) is 0 Å². The predicted octanol–water partition coefficient (Wildman–Crippen LogP) is 4.65. The Kier molecular flexibility index (Phi) is 6.52. The Bertz CT molecular complexity index is 541. The first-order chi connectivity index (χ1) is 11.4. The highest BCUT2D eigenvalue weighted by Crippen LogP contribution is 2.31. The van der Waals surface area contributed by atoms with Crippen LogP contribution in [-0.4, -0.2) is 18.8 Å². The molecular weight excluding hydrogens is 300 g/mol. The molecule has 2 rings (SSSR count). The minimum Gasteiger partial charge on any atom is -0.473 e. The van der Waals surface area contributed by atoms with E-state index in [-0.39, 0.29) is 18.2 Å². The smallest absolute Gasteiger partial charge is 0.317 e. The first-order valence-corrected chi connectivity index (χ1v) is 9.14. The van der Waals surface area contributed by atoms with Gasteiger partial charge in [-0.1, -0.05) is 64.2 Å². The summed E-state index contributed by atoms with van der Waals surface area (Å²) in [6, 6.07) is 6.35. The molecule has 0 heterocycles. The van der Waals surface area contributed by atoms with Gasteiger partial charge in [0.1, 0.15) is 5.75 Å². The lowest BCUT2D eigenvalue weighted by atomic mass is 9.85. The number of rotatable bonds is 4. The highest BCUT2D eigenvalue weighted by molar-refractivity contribution is 5.74. The first-order valence-electron chi connectivity index (χ1n) is 9.14. The maximum Gasteiger partial charge on any atom is 0.317 e. The van der Waals surface area contributed by atoms with Crippen LogP contribution in [-0.2, 0) is 5.41 Å². The van der Waals surface area contributed by atoms with E-state index >= 15 is 0 Å². The topological polar surface area (TPSA) is 50.4 Å². The van der Waals surface area contributed by atoms with Gasteiger partial charge in [0.2, 0.25) is 0 Å². The summed E-state index contributed by atoms with van der Waals surface area (Å²) in [7, 11) is 0. The molecule has 0 aromatic heterocycles. The van der Waals surface area contributed by atoms with Gasteiger partial charge in [-0.2, -0.15) is 0 Å². The standard InChI is InChI=1S/C20H32N2O2/c1-15-11-12-18(17(13-15)20(2,3)4)24-14-21-19(23)22-16-9-7-5-6-8-10-16/h11-13,16H,5-10,14H2,1-4H3,(H2,21,22,23). The van der Waals surface area contributed by atoms with Crippen LogP contribution in [0.25, 0.3) is 0 Å². The van der Waals surface area contributed by atoms with E-state index in [0.29, 0.717) is 6.04 Å². The molecule has 24 heavy (non-hydrogen) atoms. The van der Waals surface area contributed by atoms with Gasteiger partial charge in [-0.25, -0.2) is 4.79 Å². The first kappa shape index (κ1) is 18.6. The van der Waals surface area contributed by atoms with Gasteiger partial charge in [0.15, 0.2) is 6.73 Å². The molecule has 1 saturated carbocycles. The number of benzene rings is 1. The van der Waals surface area contributed by atoms with Crippen LogP contribution in [0.1, 0.15) is 70.4 Å². The van der Waals surface area contributed by atoms with E-state index < -0.39 is 0 Å². The molecule has 0 aliphatic heterocycles. The molecule has 0 unspecified atom stereocenters. The van der Waals surface area contributed by atoms with Crippen LogP contribution < -0.4 is 15.4 Å². The average molecular weight is 332 g/mol. The van der Waals surface area contributed by atoms with E-state index in [2.05, 4.69) is 44.4 Å². The van der Waals surface area contributed by atoms with Crippen LogP contribution in [0.15, 0.2) is 18.2 Å². The van der Waals surface area contributed by atoms with Crippen molar-refractivity contribution in [3.05, 3.63) is 29.3 Å². The fourth-order valence-electron chi connectivity index (χ4n) is 3.20. The third-order valence-electron chi connectivity index (χ3n) is 4.59. The van der Waals surface area contributed by atoms with Crippen molar-refractivity contribution in [1.29, 1.82) is 0 Å². The Morgan fingerprint density at radius 3 is 2.46 bits per heavy atom. The monoisotopic (exact) mass is 332 g/mol. The Morgan fingerprint density at radius 1 is 1.17 bits per heavy atom. The lowest BCUT2D eigenvalue weighted by molar-refractivity contribution is 0.218. The normalized spacial score (nSPS) is 16.3. The van der Waals surface area contributed by atoms with Gasteiger partial charge in [-0.15, -0.1) is 0 Å². The van der Waals surface area contributed by atoms with Crippen LogP contribution in [0.3, 0.4) is 0 Å². The van der Waals surface area contributed by atoms with Gasteiger partial charge in [-0.05, 0) is 36.8 Å². The lowest BCUT2D eigenvalue weighted by Gasteiger charge is -2.23. The molecule has 1 aliphatic carbocycles. The molecule has 1 aliphatic rings. The molecule has 0 radical (unpaired) electrons. The second kappa shape index (κ2) is 8.41. The molecule has 1 aromatic rings. The summed E-state index contributed by atoms with van der Waals surface area (Å²) in [5.74, 6) is 0.836. The third kappa shape index (κ3) is 5.73. The highest BCUT2D eigenvalue weighted by atomic mass is 16.5. The lowest BCUT2D eigenvalue weighted by Crippen LogP contribution is -2.43. The quantitative estimate of drug-likeness (QED) is 0.623. The Labute approximate surface area is 146 Å². The van der Waals surface area contributed by atoms with Crippen LogP contribution >= 0.6 is 0 Å². The van der Waals surface area contributed by atoms with Crippen molar-refractivity contribution in [1.82, 2.24) is 10.6 Å². The molecule has 1 fully saturated rings. The maximum atomic E-state index is 12.0. The summed E-state index contributed by atoms with van der Waals surface area (Å²) in [5, 5.41) is 5.89. The van der Waals surface area contributed by atoms with Crippen LogP contribution in [0.2, 0.25) is 0 Å². The second-order valence-electron chi connectivity index (χ2n) is 7.88. The van der Waals surface area contributed by atoms with Crippen molar-refractivity contribution in [2.24, 2.45) is 0 Å². The van der Waals surface area contributed by atoms with Gasteiger partial charge < -0.3 is 15.4 Å². The molecule has 1 aromatic carbocycles. The Hall–Kier alpha value is -1.71. The van der Waals surface area contributed by atoms with Crippen LogP contribution in [0, 0.1) is 6.92 Å². The zero-order valence-corrected chi connectivity index (χ0v) is 15.6. The van der Waals surface area contributed by atoms with Crippen LogP contribution in [0.5, 0.6) is 5.75 Å². The van der Waals surface area contributed by atoms with Gasteiger partial charge in [-0.3, -0.25) is 0 Å². The number of amides is 2. The van der Waals surface area contributed by atoms with Crippen LogP contribution in [0.4, 0.5) is 4.79 Å². The van der Waals surface area contributed by atoms with E-state index in [1.165, 1.54) is 31.2 Å². The number of aryl methyl sites for hydroxylation is 1. The maximum absolute atomic E-state index is 12.0. The molecule has 2 N–H and O–H groups in total. The highest BCUT2D eigenvalue weighted by Gasteiger charge is 2.19. The number of carbonyl (C=O) groups is 1. The number of urea groups is 1. The van der Waals surface area contributed by atoms with Crippen molar-refractivity contribution >= 4 is 6.03 Å². The summed E-state index contributed by atoms with van der Waals surface area (Å²) in [6.07, 6.45) is 7.15. The predicted molar refractivity (Wildman–Crippen MR) is 98.5 cm³/mol. The van der Waals surface area contributed by atoms with E-state index in [4.69, 9.17) is 4.74 Å². The Morgan fingerprint density at radius 2 is 1.83 bits per heavy atom. The zero-order chi connectivity index (χ0) is 17.6. The van der Waals surface area contributed by atoms with Crippen molar-refractivity contribution in [3.8, 4) is 5.75 Å². The third-order valence-corrected chi connectivity index (χ3v) is 4.59. The molecule has 0 saturated heterocycles. The molecular formula is C20H32N2O2. The molecule has 0 spiro atoms. The SMILES string of the molecule is Cc1ccc(OCNC(=O)NC2CCCCCC2)c(C(C)(C)C)c1. The fourth-order valence-corrected chi connectivity index (χ4v) is 3.20. The van der Waals surface area contributed by atoms with Gasteiger partial charge in [0.25, 0.3) is 0 Å². The summed E-state index contributed by atoms with van der Waals surface area (Å²) < 4.78 is 5.83. The van der Waals surface area contributed by atoms with Crippen molar-refractivity contribution in [3.63, 3.8) is 0 Å². The summed E-state index contributed by atoms with van der Waals surface area (Å²) >= 11 is 0. The van der Waals surface area contributed by atoms with E-state index in [1.807, 2.05) is 12.1 Å². The van der Waals surface area contributed by atoms with Crippen molar-refractivity contribution < 1.29 is 9.53 Å². The molecule has 134 valence electrons. The second-order valence-corrected chi connectivity index (χ2v) is 7.88.